The van der Waals surface area contributed by atoms with Crippen molar-refractivity contribution in [3.8, 4) is 67.9 Å². The van der Waals surface area contributed by atoms with Gasteiger partial charge in [-0.25, -0.2) is 4.98 Å². The zero-order valence-corrected chi connectivity index (χ0v) is 49.6. The molecule has 0 saturated carbocycles. The molecule has 5 aromatic heterocycles. The van der Waals surface area contributed by atoms with Crippen LogP contribution < -0.4 is 4.74 Å². The van der Waals surface area contributed by atoms with Crippen molar-refractivity contribution in [1.29, 1.82) is 0 Å². The van der Waals surface area contributed by atoms with Gasteiger partial charge in [0.1, 0.15) is 5.58 Å². The number of nitrogens with zero attached hydrogens (tertiary/aromatic N) is 6. The summed E-state index contributed by atoms with van der Waals surface area (Å²) in [5.41, 5.74) is 21.6. The van der Waals surface area contributed by atoms with Crippen molar-refractivity contribution in [2.24, 2.45) is 0 Å². The van der Waals surface area contributed by atoms with Gasteiger partial charge in [0.25, 0.3) is 0 Å². The molecule has 0 aliphatic heterocycles. The van der Waals surface area contributed by atoms with Crippen LogP contribution in [0.25, 0.3) is 111 Å². The molecule has 13 rings (SSSR count). The number of aromatic nitrogens is 6. The van der Waals surface area contributed by atoms with E-state index in [0.29, 0.717) is 34.1 Å². The Kier molecular flexibility index (Phi) is 13.9. The van der Waals surface area contributed by atoms with Gasteiger partial charge in [0.15, 0.2) is 0 Å². The molecular formula is C72H62N6O2Pt. The van der Waals surface area contributed by atoms with E-state index in [0.717, 1.165) is 78.0 Å². The fourth-order valence-electron chi connectivity index (χ4n) is 11.7. The number of imidazole rings is 2. The zero-order chi connectivity index (χ0) is 55.1. The summed E-state index contributed by atoms with van der Waals surface area (Å²) in [5, 5.41) is 1.68. The minimum Gasteiger partial charge on any atom is -0.499 e. The molecule has 0 aliphatic rings. The standard InChI is InChI=1S/C72H62N6O2.Pt/c1-41(2)54-35-50(47-22-13-11-14-23-47)36-55(42(3)4)67(54)77-63-30-19-17-28-60(63)75-71(77)49-26-21-27-52(34-49)79-53-39-58-65-66-62(33-32-45(9)73-66)74-46(10)69(65)80-70(58)59(40-53)72-76-61-29-18-20-31-64(61)78(72)68-56(43(5)6)37-51(38-57(68)44(7)8)48-24-15-12-16-25-48;/h11-33,35-39,41-44H,1-10H3;/q-2;+2. The second-order valence-corrected chi connectivity index (χ2v) is 22.5. The number of aryl methyl sites for hydroxylation is 2. The molecule has 0 radical (unpaired) electrons. The summed E-state index contributed by atoms with van der Waals surface area (Å²) in [6.45, 7) is 22.2. The Labute approximate surface area is 487 Å². The monoisotopic (exact) mass is 1240 g/mol. The quantitative estimate of drug-likeness (QED) is 0.113. The van der Waals surface area contributed by atoms with Crippen LogP contribution in [0.5, 0.6) is 11.5 Å². The number of furan rings is 1. The van der Waals surface area contributed by atoms with Gasteiger partial charge in [0.2, 0.25) is 0 Å². The Morgan fingerprint density at radius 3 is 1.49 bits per heavy atom. The fraction of sp³-hybridized carbons (Fsp3) is 0.194. The molecule has 0 spiro atoms. The van der Waals surface area contributed by atoms with Crippen LogP contribution in [0.3, 0.4) is 0 Å². The third-order valence-electron chi connectivity index (χ3n) is 15.6. The smallest absolute Gasteiger partial charge is 0.499 e. The fourth-order valence-corrected chi connectivity index (χ4v) is 11.7. The second-order valence-electron chi connectivity index (χ2n) is 22.5. The molecule has 13 aromatic rings. The average molecular weight is 1240 g/mol. The van der Waals surface area contributed by atoms with Crippen LogP contribution in [-0.2, 0) is 21.1 Å². The van der Waals surface area contributed by atoms with E-state index in [1.807, 2.05) is 50.2 Å². The van der Waals surface area contributed by atoms with Gasteiger partial charge in [0.05, 0.1) is 56.0 Å². The summed E-state index contributed by atoms with van der Waals surface area (Å²) >= 11 is 0. The first-order chi connectivity index (χ1) is 38.8. The maximum atomic E-state index is 7.15. The van der Waals surface area contributed by atoms with Crippen molar-refractivity contribution in [2.75, 3.05) is 0 Å². The van der Waals surface area contributed by atoms with Crippen LogP contribution >= 0.6 is 0 Å². The number of fused-ring (bicyclic) bond motifs is 7. The van der Waals surface area contributed by atoms with E-state index < -0.39 is 0 Å². The molecule has 0 atom stereocenters. The molecule has 8 nitrogen and oxygen atoms in total. The predicted molar refractivity (Wildman–Crippen MR) is 328 cm³/mol. The Morgan fingerprint density at radius 2 is 0.951 bits per heavy atom. The first kappa shape index (κ1) is 53.2. The van der Waals surface area contributed by atoms with Gasteiger partial charge < -0.3 is 18.3 Å². The first-order valence-electron chi connectivity index (χ1n) is 28.0. The van der Waals surface area contributed by atoms with Crippen LogP contribution in [0, 0.1) is 26.0 Å². The number of hydrogen-bond donors (Lipinski definition) is 0. The van der Waals surface area contributed by atoms with E-state index in [9.17, 15) is 0 Å². The second kappa shape index (κ2) is 21.2. The van der Waals surface area contributed by atoms with Crippen molar-refractivity contribution in [3.63, 3.8) is 0 Å². The normalized spacial score (nSPS) is 11.9. The number of benzene rings is 8. The number of hydrogen-bond acceptors (Lipinski definition) is 6. The van der Waals surface area contributed by atoms with Crippen LogP contribution in [0.4, 0.5) is 0 Å². The molecule has 0 bridgehead atoms. The average Bonchev–Trinajstić information content (AvgIpc) is 4.40. The van der Waals surface area contributed by atoms with Gasteiger partial charge >= 0.3 is 21.1 Å². The summed E-state index contributed by atoms with van der Waals surface area (Å²) in [7, 11) is 0. The predicted octanol–water partition coefficient (Wildman–Crippen LogP) is 19.4. The Balaban J connectivity index is 0.00000651. The summed E-state index contributed by atoms with van der Waals surface area (Å²) < 4.78 is 19.0. The summed E-state index contributed by atoms with van der Waals surface area (Å²) in [4.78, 5) is 21.1. The summed E-state index contributed by atoms with van der Waals surface area (Å²) in [6.07, 6.45) is 0. The molecule has 0 aliphatic carbocycles. The van der Waals surface area contributed by atoms with Gasteiger partial charge in [-0.2, -0.15) is 0 Å². The van der Waals surface area contributed by atoms with Crippen LogP contribution in [-0.4, -0.2) is 29.1 Å². The van der Waals surface area contributed by atoms with E-state index in [1.54, 1.807) is 0 Å². The number of para-hydroxylation sites is 4. The Bertz CT molecular complexity index is 4490. The van der Waals surface area contributed by atoms with Crippen molar-refractivity contribution in [3.05, 3.63) is 216 Å². The van der Waals surface area contributed by atoms with Crippen LogP contribution in [0.15, 0.2) is 174 Å². The summed E-state index contributed by atoms with van der Waals surface area (Å²) in [5.74, 6) is 3.19. The third-order valence-corrected chi connectivity index (χ3v) is 15.6. The molecule has 402 valence electrons. The molecule has 0 fully saturated rings. The summed E-state index contributed by atoms with van der Waals surface area (Å²) in [6, 6.07) is 67.3. The number of rotatable bonds is 12. The van der Waals surface area contributed by atoms with E-state index in [2.05, 4.69) is 210 Å². The van der Waals surface area contributed by atoms with E-state index in [-0.39, 0.29) is 44.7 Å². The maximum absolute atomic E-state index is 7.15. The molecule has 0 saturated heterocycles. The minimum absolute atomic E-state index is 0. The van der Waals surface area contributed by atoms with E-state index >= 15 is 0 Å². The Hall–Kier alpha value is -8.45. The molecule has 8 aromatic carbocycles. The molecule has 0 N–H and O–H groups in total. The first-order valence-corrected chi connectivity index (χ1v) is 28.0. The molecular weight excluding hydrogens is 1180 g/mol. The third kappa shape index (κ3) is 9.33. The largest absolute Gasteiger partial charge is 2.00 e. The van der Waals surface area contributed by atoms with E-state index in [4.69, 9.17) is 29.1 Å². The molecule has 0 unspecified atom stereocenters. The number of ether oxygens (including phenoxy) is 1. The van der Waals surface area contributed by atoms with E-state index in [1.165, 1.54) is 44.5 Å². The number of pyridine rings is 2. The van der Waals surface area contributed by atoms with Gasteiger partial charge in [-0.1, -0.05) is 164 Å². The minimum atomic E-state index is 0. The maximum Gasteiger partial charge on any atom is 2.00 e. The van der Waals surface area contributed by atoms with Gasteiger partial charge in [-0.05, 0) is 148 Å². The Morgan fingerprint density at radius 1 is 0.444 bits per heavy atom. The molecule has 81 heavy (non-hydrogen) atoms. The molecule has 0 amide bonds. The van der Waals surface area contributed by atoms with Gasteiger partial charge in [-0.15, -0.1) is 23.8 Å². The topological polar surface area (TPSA) is 83.8 Å². The van der Waals surface area contributed by atoms with Crippen molar-refractivity contribution in [1.82, 2.24) is 29.1 Å². The van der Waals surface area contributed by atoms with Crippen molar-refractivity contribution < 1.29 is 30.2 Å². The zero-order valence-electron chi connectivity index (χ0n) is 47.3. The molecule has 5 heterocycles. The van der Waals surface area contributed by atoms with Crippen molar-refractivity contribution in [2.45, 2.75) is 92.9 Å². The van der Waals surface area contributed by atoms with Crippen LogP contribution in [0.1, 0.15) is 113 Å². The van der Waals surface area contributed by atoms with Gasteiger partial charge in [0, 0.05) is 34.0 Å². The van der Waals surface area contributed by atoms with Gasteiger partial charge in [-0.3, -0.25) is 15.0 Å². The van der Waals surface area contributed by atoms with Crippen LogP contribution in [0.2, 0.25) is 0 Å². The van der Waals surface area contributed by atoms with Crippen molar-refractivity contribution >= 4 is 55.0 Å². The SMILES string of the molecule is Cc1ccc2nc(C)c3oc4c(-c5nc6ccccc6n5-c5c(C(C)C)cc(-c6ccccc6)cc5C(C)C)[c-]c(Oc5[c-]c(-c6nc7ccccc7n6-c6c(C(C)C)cc(-c7ccccc7)cc6C(C)C)ccc5)cc4c3c2n1.[Pt+2]. The molecule has 9 heteroatoms.